The third-order valence-electron chi connectivity index (χ3n) is 2.73. The van der Waals surface area contributed by atoms with Gasteiger partial charge in [-0.1, -0.05) is 13.8 Å². The summed E-state index contributed by atoms with van der Waals surface area (Å²) in [6.45, 7) is 5.82. The third-order valence-corrected chi connectivity index (χ3v) is 3.62. The fourth-order valence-electron chi connectivity index (χ4n) is 1.47. The van der Waals surface area contributed by atoms with E-state index in [0.717, 1.165) is 15.8 Å². The van der Waals surface area contributed by atoms with Crippen LogP contribution in [0.15, 0.2) is 18.2 Å². The maximum atomic E-state index is 12.9. The molecule has 0 heterocycles. The van der Waals surface area contributed by atoms with Gasteiger partial charge in [-0.25, -0.2) is 4.39 Å². The normalized spacial score (nSPS) is 12.9. The lowest BCUT2D eigenvalue weighted by atomic mass is 9.96. The van der Waals surface area contributed by atoms with Gasteiger partial charge in [0, 0.05) is 15.8 Å². The van der Waals surface area contributed by atoms with Crippen molar-refractivity contribution in [2.75, 3.05) is 18.4 Å². The van der Waals surface area contributed by atoms with Gasteiger partial charge in [0.1, 0.15) is 5.82 Å². The summed E-state index contributed by atoms with van der Waals surface area (Å²) in [4.78, 5) is 0. The highest BCUT2D eigenvalue weighted by Crippen LogP contribution is 2.20. The van der Waals surface area contributed by atoms with E-state index in [-0.39, 0.29) is 5.82 Å². The van der Waals surface area contributed by atoms with Gasteiger partial charge in [0.15, 0.2) is 0 Å². The Hall–Kier alpha value is -0.360. The summed E-state index contributed by atoms with van der Waals surface area (Å²) < 4.78 is 13.8. The Bertz CT molecular complexity index is 342. The zero-order chi connectivity index (χ0) is 12.1. The minimum absolute atomic E-state index is 0.200. The van der Waals surface area contributed by atoms with Crippen LogP contribution < -0.4 is 11.1 Å². The Labute approximate surface area is 110 Å². The number of nitrogens with two attached hydrogens (primary N) is 1. The lowest BCUT2D eigenvalue weighted by Crippen LogP contribution is -2.27. The second-order valence-electron chi connectivity index (χ2n) is 4.24. The van der Waals surface area contributed by atoms with E-state index >= 15 is 0 Å². The molecule has 4 heteroatoms. The van der Waals surface area contributed by atoms with Crippen LogP contribution in [0, 0.1) is 21.2 Å². The highest BCUT2D eigenvalue weighted by Gasteiger charge is 2.11. The van der Waals surface area contributed by atoms with E-state index in [1.807, 2.05) is 0 Å². The van der Waals surface area contributed by atoms with Crippen LogP contribution in [-0.2, 0) is 0 Å². The van der Waals surface area contributed by atoms with E-state index in [1.165, 1.54) is 12.1 Å². The van der Waals surface area contributed by atoms with Crippen LogP contribution in [0.25, 0.3) is 0 Å². The van der Waals surface area contributed by atoms with E-state index in [0.29, 0.717) is 18.4 Å². The molecule has 1 aromatic rings. The van der Waals surface area contributed by atoms with E-state index in [2.05, 4.69) is 41.8 Å². The maximum absolute atomic E-state index is 12.9. The van der Waals surface area contributed by atoms with Crippen molar-refractivity contribution in [2.24, 2.45) is 17.6 Å². The Morgan fingerprint density at radius 3 is 2.62 bits per heavy atom. The first-order chi connectivity index (χ1) is 7.54. The van der Waals surface area contributed by atoms with Crippen molar-refractivity contribution >= 4 is 28.3 Å². The number of anilines is 1. The van der Waals surface area contributed by atoms with Gasteiger partial charge in [-0.05, 0) is 59.2 Å². The lowest BCUT2D eigenvalue weighted by molar-refractivity contribution is 0.413. The summed E-state index contributed by atoms with van der Waals surface area (Å²) >= 11 is 2.13. The molecule has 0 aliphatic carbocycles. The second-order valence-corrected chi connectivity index (χ2v) is 5.41. The first-order valence-corrected chi connectivity index (χ1v) is 6.51. The molecule has 3 N–H and O–H groups in total. The van der Waals surface area contributed by atoms with Gasteiger partial charge in [0.05, 0.1) is 0 Å². The van der Waals surface area contributed by atoms with Crippen molar-refractivity contribution in [2.45, 2.75) is 13.8 Å². The number of hydrogen-bond donors (Lipinski definition) is 2. The largest absolute Gasteiger partial charge is 0.384 e. The third kappa shape index (κ3) is 3.90. The van der Waals surface area contributed by atoms with Crippen LogP contribution in [-0.4, -0.2) is 13.1 Å². The lowest BCUT2D eigenvalue weighted by Gasteiger charge is -2.20. The Balaban J connectivity index is 2.60. The zero-order valence-corrected chi connectivity index (χ0v) is 11.8. The quantitative estimate of drug-likeness (QED) is 0.811. The standard InChI is InChI=1S/C12H18FIN2/c1-8(2)9(6-15)7-16-12-4-3-10(13)5-11(12)14/h3-5,8-9,16H,6-7,15H2,1-2H3. The predicted molar refractivity (Wildman–Crippen MR) is 75.0 cm³/mol. The number of halogens is 2. The number of benzene rings is 1. The van der Waals surface area contributed by atoms with Gasteiger partial charge < -0.3 is 11.1 Å². The van der Waals surface area contributed by atoms with E-state index in [4.69, 9.17) is 5.73 Å². The molecule has 1 atom stereocenters. The van der Waals surface area contributed by atoms with Gasteiger partial charge >= 0.3 is 0 Å². The Morgan fingerprint density at radius 1 is 1.44 bits per heavy atom. The molecular formula is C12H18FIN2. The molecule has 0 aliphatic heterocycles. The van der Waals surface area contributed by atoms with Gasteiger partial charge in [-0.3, -0.25) is 0 Å². The fraction of sp³-hybridized carbons (Fsp3) is 0.500. The van der Waals surface area contributed by atoms with Gasteiger partial charge in [-0.2, -0.15) is 0 Å². The monoisotopic (exact) mass is 336 g/mol. The second kappa shape index (κ2) is 6.39. The molecule has 0 radical (unpaired) electrons. The van der Waals surface area contributed by atoms with Crippen molar-refractivity contribution in [3.8, 4) is 0 Å². The van der Waals surface area contributed by atoms with Crippen LogP contribution in [0.4, 0.5) is 10.1 Å². The molecule has 1 rings (SSSR count). The molecule has 2 nitrogen and oxygen atoms in total. The highest BCUT2D eigenvalue weighted by atomic mass is 127. The van der Waals surface area contributed by atoms with Crippen molar-refractivity contribution in [3.05, 3.63) is 27.6 Å². The fourth-order valence-corrected chi connectivity index (χ4v) is 2.13. The summed E-state index contributed by atoms with van der Waals surface area (Å²) in [7, 11) is 0. The Morgan fingerprint density at radius 2 is 2.12 bits per heavy atom. The minimum atomic E-state index is -0.200. The highest BCUT2D eigenvalue weighted by molar-refractivity contribution is 14.1. The first kappa shape index (κ1) is 13.7. The molecule has 0 amide bonds. The molecule has 1 aromatic carbocycles. The molecule has 1 unspecified atom stereocenters. The molecule has 0 spiro atoms. The molecule has 0 aliphatic rings. The number of hydrogen-bond acceptors (Lipinski definition) is 2. The van der Waals surface area contributed by atoms with E-state index in [1.54, 1.807) is 6.07 Å². The van der Waals surface area contributed by atoms with Gasteiger partial charge in [-0.15, -0.1) is 0 Å². The van der Waals surface area contributed by atoms with Crippen LogP contribution in [0.2, 0.25) is 0 Å². The van der Waals surface area contributed by atoms with Crippen LogP contribution >= 0.6 is 22.6 Å². The summed E-state index contributed by atoms with van der Waals surface area (Å²) in [6.07, 6.45) is 0. The maximum Gasteiger partial charge on any atom is 0.124 e. The average molecular weight is 336 g/mol. The van der Waals surface area contributed by atoms with E-state index < -0.39 is 0 Å². The number of nitrogens with one attached hydrogen (secondary N) is 1. The molecule has 16 heavy (non-hydrogen) atoms. The van der Waals surface area contributed by atoms with Crippen LogP contribution in [0.3, 0.4) is 0 Å². The molecule has 0 fully saturated rings. The van der Waals surface area contributed by atoms with Gasteiger partial charge in [0.25, 0.3) is 0 Å². The Kier molecular flexibility index (Phi) is 5.48. The zero-order valence-electron chi connectivity index (χ0n) is 9.63. The first-order valence-electron chi connectivity index (χ1n) is 5.43. The van der Waals surface area contributed by atoms with Crippen LogP contribution in [0.1, 0.15) is 13.8 Å². The summed E-state index contributed by atoms with van der Waals surface area (Å²) in [5.74, 6) is 0.797. The van der Waals surface area contributed by atoms with Crippen molar-refractivity contribution in [3.63, 3.8) is 0 Å². The smallest absolute Gasteiger partial charge is 0.124 e. The van der Waals surface area contributed by atoms with Crippen molar-refractivity contribution in [1.82, 2.24) is 0 Å². The molecule has 0 aromatic heterocycles. The summed E-state index contributed by atoms with van der Waals surface area (Å²) in [6, 6.07) is 4.76. The number of rotatable bonds is 5. The predicted octanol–water partition coefficient (Wildman–Crippen LogP) is 3.07. The molecule has 0 saturated heterocycles. The van der Waals surface area contributed by atoms with Gasteiger partial charge in [0.2, 0.25) is 0 Å². The SMILES string of the molecule is CC(C)C(CN)CNc1ccc(F)cc1I. The van der Waals surface area contributed by atoms with Crippen molar-refractivity contribution in [1.29, 1.82) is 0 Å². The van der Waals surface area contributed by atoms with Crippen molar-refractivity contribution < 1.29 is 4.39 Å². The minimum Gasteiger partial charge on any atom is -0.384 e. The average Bonchev–Trinajstić information content (AvgIpc) is 2.21. The van der Waals surface area contributed by atoms with Crippen LogP contribution in [0.5, 0.6) is 0 Å². The summed E-state index contributed by atoms with van der Waals surface area (Å²) in [5.41, 5.74) is 6.67. The van der Waals surface area contributed by atoms with E-state index in [9.17, 15) is 4.39 Å². The molecular weight excluding hydrogens is 318 g/mol. The molecule has 0 bridgehead atoms. The molecule has 90 valence electrons. The summed E-state index contributed by atoms with van der Waals surface area (Å²) in [5, 5.41) is 3.32. The molecule has 0 saturated carbocycles. The topological polar surface area (TPSA) is 38.0 Å².